The summed E-state index contributed by atoms with van der Waals surface area (Å²) in [7, 11) is -1.84. The van der Waals surface area contributed by atoms with Gasteiger partial charge in [-0.1, -0.05) is 25.1 Å². The van der Waals surface area contributed by atoms with E-state index in [4.69, 9.17) is 9.47 Å². The SMILES string of the molecule is CCCOc1ccccc1CCCNC(=O)[C@@H](C)Oc1ccc(N(C)S(C)(=O)=O)cc1. The van der Waals surface area contributed by atoms with Crippen molar-refractivity contribution in [3.63, 3.8) is 0 Å². The van der Waals surface area contributed by atoms with Gasteiger partial charge in [-0.05, 0) is 62.1 Å². The van der Waals surface area contributed by atoms with Crippen molar-refractivity contribution in [2.45, 2.75) is 39.2 Å². The number of anilines is 1. The number of carbonyl (C=O) groups excluding carboxylic acids is 1. The molecule has 2 aromatic rings. The predicted molar refractivity (Wildman–Crippen MR) is 123 cm³/mol. The van der Waals surface area contributed by atoms with Gasteiger partial charge in [-0.3, -0.25) is 9.10 Å². The molecule has 0 radical (unpaired) electrons. The molecule has 0 saturated carbocycles. The number of benzene rings is 2. The molecule has 0 saturated heterocycles. The number of nitrogens with zero attached hydrogens (tertiary/aromatic N) is 1. The zero-order valence-corrected chi connectivity index (χ0v) is 19.4. The van der Waals surface area contributed by atoms with Gasteiger partial charge < -0.3 is 14.8 Å². The number of amides is 1. The molecule has 1 atom stereocenters. The standard InChI is InChI=1S/C23H32N2O5S/c1-5-17-29-22-11-7-6-9-19(22)10-8-16-24-23(26)18(2)30-21-14-12-20(13-15-21)25(3)31(4,27)28/h6-7,9,11-15,18H,5,8,10,16-17H2,1-4H3,(H,24,26)/t18-/m1/s1. The van der Waals surface area contributed by atoms with Gasteiger partial charge in [-0.2, -0.15) is 0 Å². The minimum Gasteiger partial charge on any atom is -0.493 e. The third kappa shape index (κ3) is 7.79. The number of rotatable bonds is 12. The van der Waals surface area contributed by atoms with E-state index in [2.05, 4.69) is 12.2 Å². The Bertz CT molecular complexity index is 945. The lowest BCUT2D eigenvalue weighted by atomic mass is 10.1. The molecule has 0 aliphatic carbocycles. The van der Waals surface area contributed by atoms with Gasteiger partial charge in [0.25, 0.3) is 5.91 Å². The molecular weight excluding hydrogens is 416 g/mol. The van der Waals surface area contributed by atoms with E-state index in [1.165, 1.54) is 11.4 Å². The van der Waals surface area contributed by atoms with Crippen LogP contribution in [0.25, 0.3) is 0 Å². The molecule has 0 aromatic heterocycles. The fourth-order valence-electron chi connectivity index (χ4n) is 2.88. The molecule has 1 N–H and O–H groups in total. The van der Waals surface area contributed by atoms with E-state index in [1.54, 1.807) is 31.2 Å². The van der Waals surface area contributed by atoms with E-state index in [1.807, 2.05) is 24.3 Å². The van der Waals surface area contributed by atoms with Crippen molar-refractivity contribution in [3.8, 4) is 11.5 Å². The van der Waals surface area contributed by atoms with E-state index in [0.717, 1.165) is 36.8 Å². The molecule has 7 nitrogen and oxygen atoms in total. The van der Waals surface area contributed by atoms with Crippen molar-refractivity contribution in [2.75, 3.05) is 30.8 Å². The molecule has 8 heteroatoms. The Morgan fingerprint density at radius 3 is 2.45 bits per heavy atom. The second-order valence-corrected chi connectivity index (χ2v) is 9.35. The summed E-state index contributed by atoms with van der Waals surface area (Å²) in [4.78, 5) is 12.3. The Morgan fingerprint density at radius 2 is 1.81 bits per heavy atom. The van der Waals surface area contributed by atoms with Crippen LogP contribution in [0.3, 0.4) is 0 Å². The summed E-state index contributed by atoms with van der Waals surface area (Å²) in [6, 6.07) is 14.5. The third-order valence-electron chi connectivity index (χ3n) is 4.74. The molecule has 0 aliphatic heterocycles. The van der Waals surface area contributed by atoms with E-state index in [9.17, 15) is 13.2 Å². The molecule has 0 aliphatic rings. The minimum atomic E-state index is -3.33. The maximum atomic E-state index is 12.3. The number of sulfonamides is 1. The molecule has 0 unspecified atom stereocenters. The molecule has 2 rings (SSSR count). The van der Waals surface area contributed by atoms with Crippen molar-refractivity contribution in [1.82, 2.24) is 5.32 Å². The molecule has 0 heterocycles. The Morgan fingerprint density at radius 1 is 1.13 bits per heavy atom. The van der Waals surface area contributed by atoms with Crippen LogP contribution in [0.4, 0.5) is 5.69 Å². The smallest absolute Gasteiger partial charge is 0.260 e. The molecular formula is C23H32N2O5S. The first-order valence-electron chi connectivity index (χ1n) is 10.4. The van der Waals surface area contributed by atoms with Gasteiger partial charge in [-0.15, -0.1) is 0 Å². The minimum absolute atomic E-state index is 0.201. The van der Waals surface area contributed by atoms with Crippen molar-refractivity contribution in [1.29, 1.82) is 0 Å². The molecule has 0 fully saturated rings. The lowest BCUT2D eigenvalue weighted by molar-refractivity contribution is -0.127. The molecule has 170 valence electrons. The summed E-state index contributed by atoms with van der Waals surface area (Å²) < 4.78 is 35.8. The molecule has 2 aromatic carbocycles. The van der Waals surface area contributed by atoms with Gasteiger partial charge in [0.15, 0.2) is 6.10 Å². The molecule has 0 spiro atoms. The molecule has 0 bridgehead atoms. The lowest BCUT2D eigenvalue weighted by Gasteiger charge is -2.18. The van der Waals surface area contributed by atoms with Gasteiger partial charge in [0.05, 0.1) is 18.6 Å². The van der Waals surface area contributed by atoms with E-state index in [-0.39, 0.29) is 5.91 Å². The average molecular weight is 449 g/mol. The van der Waals surface area contributed by atoms with Gasteiger partial charge in [0, 0.05) is 13.6 Å². The first-order valence-corrected chi connectivity index (χ1v) is 12.3. The number of hydrogen-bond acceptors (Lipinski definition) is 5. The van der Waals surface area contributed by atoms with Crippen molar-refractivity contribution < 1.29 is 22.7 Å². The highest BCUT2D eigenvalue weighted by molar-refractivity contribution is 7.92. The first kappa shape index (κ1) is 24.5. The van der Waals surface area contributed by atoms with Crippen LogP contribution in [-0.4, -0.2) is 46.9 Å². The van der Waals surface area contributed by atoms with E-state index < -0.39 is 16.1 Å². The van der Waals surface area contributed by atoms with Crippen LogP contribution in [-0.2, 0) is 21.2 Å². The lowest BCUT2D eigenvalue weighted by Crippen LogP contribution is -2.37. The topological polar surface area (TPSA) is 84.9 Å². The summed E-state index contributed by atoms with van der Waals surface area (Å²) in [5.41, 5.74) is 1.66. The van der Waals surface area contributed by atoms with E-state index >= 15 is 0 Å². The Hall–Kier alpha value is -2.74. The number of aryl methyl sites for hydroxylation is 1. The largest absolute Gasteiger partial charge is 0.493 e. The number of nitrogens with one attached hydrogen (secondary N) is 1. The molecule has 1 amide bonds. The van der Waals surface area contributed by atoms with Crippen molar-refractivity contribution in [2.24, 2.45) is 0 Å². The fraction of sp³-hybridized carbons (Fsp3) is 0.435. The second-order valence-electron chi connectivity index (χ2n) is 7.34. The Kier molecular flexibility index (Phi) is 9.18. The normalized spacial score (nSPS) is 12.1. The zero-order valence-electron chi connectivity index (χ0n) is 18.6. The van der Waals surface area contributed by atoms with Crippen LogP contribution in [0.2, 0.25) is 0 Å². The Balaban J connectivity index is 1.79. The highest BCUT2D eigenvalue weighted by Crippen LogP contribution is 2.21. The number of ether oxygens (including phenoxy) is 2. The van der Waals surface area contributed by atoms with Gasteiger partial charge >= 0.3 is 0 Å². The predicted octanol–water partition coefficient (Wildman–Crippen LogP) is 3.39. The van der Waals surface area contributed by atoms with Crippen LogP contribution in [0.1, 0.15) is 32.3 Å². The van der Waals surface area contributed by atoms with E-state index in [0.29, 0.717) is 24.6 Å². The van der Waals surface area contributed by atoms with Gasteiger partial charge in [-0.25, -0.2) is 8.42 Å². The van der Waals surface area contributed by atoms with Crippen LogP contribution in [0.5, 0.6) is 11.5 Å². The van der Waals surface area contributed by atoms with Crippen LogP contribution in [0.15, 0.2) is 48.5 Å². The summed E-state index contributed by atoms with van der Waals surface area (Å²) in [5.74, 6) is 1.19. The fourth-order valence-corrected chi connectivity index (χ4v) is 3.39. The first-order chi connectivity index (χ1) is 14.7. The Labute approximate surface area is 185 Å². The summed E-state index contributed by atoms with van der Waals surface area (Å²) in [6.45, 7) is 4.98. The number of para-hydroxylation sites is 1. The summed E-state index contributed by atoms with van der Waals surface area (Å²) in [5, 5.41) is 2.89. The number of carbonyl (C=O) groups is 1. The van der Waals surface area contributed by atoms with Crippen LogP contribution >= 0.6 is 0 Å². The maximum Gasteiger partial charge on any atom is 0.260 e. The highest BCUT2D eigenvalue weighted by atomic mass is 32.2. The zero-order chi connectivity index (χ0) is 22.9. The van der Waals surface area contributed by atoms with Crippen LogP contribution in [0, 0.1) is 0 Å². The van der Waals surface area contributed by atoms with Crippen molar-refractivity contribution in [3.05, 3.63) is 54.1 Å². The van der Waals surface area contributed by atoms with Crippen molar-refractivity contribution >= 4 is 21.6 Å². The quantitative estimate of drug-likeness (QED) is 0.503. The molecule has 31 heavy (non-hydrogen) atoms. The van der Waals surface area contributed by atoms with Gasteiger partial charge in [0.1, 0.15) is 11.5 Å². The van der Waals surface area contributed by atoms with Gasteiger partial charge in [0.2, 0.25) is 10.0 Å². The third-order valence-corrected chi connectivity index (χ3v) is 5.94. The monoisotopic (exact) mass is 448 g/mol. The second kappa shape index (κ2) is 11.6. The number of hydrogen-bond donors (Lipinski definition) is 1. The summed E-state index contributed by atoms with van der Waals surface area (Å²) in [6.07, 6.45) is 3.03. The highest BCUT2D eigenvalue weighted by Gasteiger charge is 2.15. The van der Waals surface area contributed by atoms with Crippen LogP contribution < -0.4 is 19.1 Å². The maximum absolute atomic E-state index is 12.3. The summed E-state index contributed by atoms with van der Waals surface area (Å²) >= 11 is 0. The average Bonchev–Trinajstić information content (AvgIpc) is 2.75.